The summed E-state index contributed by atoms with van der Waals surface area (Å²) >= 11 is 0. The van der Waals surface area contributed by atoms with Crippen LogP contribution in [0, 0.1) is 5.92 Å². The minimum atomic E-state index is -0.248. The minimum absolute atomic E-state index is 0.0396. The van der Waals surface area contributed by atoms with Crippen molar-refractivity contribution >= 4 is 23.2 Å². The fourth-order valence-electron chi connectivity index (χ4n) is 2.99. The third-order valence-corrected chi connectivity index (χ3v) is 4.33. The van der Waals surface area contributed by atoms with Crippen LogP contribution in [0.1, 0.15) is 42.5 Å². The number of pyridine rings is 1. The monoisotopic (exact) mass is 323 g/mol. The van der Waals surface area contributed by atoms with Crippen LogP contribution in [-0.2, 0) is 4.79 Å². The molecule has 24 heavy (non-hydrogen) atoms. The quantitative estimate of drug-likeness (QED) is 0.897. The van der Waals surface area contributed by atoms with Gasteiger partial charge in [0.15, 0.2) is 0 Å². The van der Waals surface area contributed by atoms with Crippen LogP contribution in [0.2, 0.25) is 0 Å². The van der Waals surface area contributed by atoms with E-state index in [2.05, 4.69) is 15.6 Å². The van der Waals surface area contributed by atoms with E-state index in [0.717, 1.165) is 25.7 Å². The number of hydrogen-bond donors (Lipinski definition) is 2. The maximum atomic E-state index is 12.4. The van der Waals surface area contributed by atoms with Gasteiger partial charge in [0.25, 0.3) is 5.91 Å². The van der Waals surface area contributed by atoms with E-state index in [4.69, 9.17) is 0 Å². The number of carbonyl (C=O) groups is 2. The van der Waals surface area contributed by atoms with Gasteiger partial charge in [0.1, 0.15) is 0 Å². The zero-order valence-corrected chi connectivity index (χ0v) is 13.5. The second kappa shape index (κ2) is 7.73. The van der Waals surface area contributed by atoms with E-state index in [1.54, 1.807) is 30.5 Å². The molecule has 0 spiro atoms. The van der Waals surface area contributed by atoms with Crippen molar-refractivity contribution in [3.63, 3.8) is 0 Å². The van der Waals surface area contributed by atoms with Crippen LogP contribution in [0.25, 0.3) is 0 Å². The van der Waals surface area contributed by atoms with Gasteiger partial charge in [-0.25, -0.2) is 0 Å². The summed E-state index contributed by atoms with van der Waals surface area (Å²) in [6.07, 6.45) is 8.44. The molecule has 1 fully saturated rings. The molecule has 0 atom stereocenters. The Bertz CT molecular complexity index is 710. The fraction of sp³-hybridized carbons (Fsp3) is 0.316. The summed E-state index contributed by atoms with van der Waals surface area (Å²) in [4.78, 5) is 28.7. The Morgan fingerprint density at radius 2 is 1.62 bits per heavy atom. The first-order chi connectivity index (χ1) is 11.7. The van der Waals surface area contributed by atoms with E-state index in [9.17, 15) is 9.59 Å². The summed E-state index contributed by atoms with van der Waals surface area (Å²) in [6, 6.07) is 10.7. The molecule has 5 heteroatoms. The van der Waals surface area contributed by atoms with Gasteiger partial charge in [-0.2, -0.15) is 0 Å². The Labute approximate surface area is 141 Å². The van der Waals surface area contributed by atoms with Crippen LogP contribution in [0.5, 0.6) is 0 Å². The third kappa shape index (κ3) is 3.98. The molecular weight excluding hydrogens is 302 g/mol. The molecule has 2 N–H and O–H groups in total. The van der Waals surface area contributed by atoms with E-state index in [1.807, 2.05) is 12.1 Å². The molecule has 0 aliphatic heterocycles. The van der Waals surface area contributed by atoms with Crippen LogP contribution >= 0.6 is 0 Å². The molecule has 0 bridgehead atoms. The molecule has 3 rings (SSSR count). The molecule has 1 heterocycles. The summed E-state index contributed by atoms with van der Waals surface area (Å²) in [5.74, 6) is -0.138. The van der Waals surface area contributed by atoms with E-state index in [1.165, 1.54) is 12.6 Å². The van der Waals surface area contributed by atoms with Crippen molar-refractivity contribution in [2.45, 2.75) is 32.1 Å². The largest absolute Gasteiger partial charge is 0.324 e. The number of nitrogens with zero attached hydrogens (tertiary/aromatic N) is 1. The van der Waals surface area contributed by atoms with Crippen molar-refractivity contribution in [3.05, 3.63) is 54.4 Å². The van der Waals surface area contributed by atoms with Crippen LogP contribution in [-0.4, -0.2) is 16.8 Å². The molecular formula is C19H21N3O2. The summed E-state index contributed by atoms with van der Waals surface area (Å²) in [7, 11) is 0. The number of nitrogens with one attached hydrogen (secondary N) is 2. The second-order valence-electron chi connectivity index (χ2n) is 6.07. The van der Waals surface area contributed by atoms with Crippen molar-refractivity contribution < 1.29 is 9.59 Å². The van der Waals surface area contributed by atoms with Gasteiger partial charge < -0.3 is 10.6 Å². The highest BCUT2D eigenvalue weighted by atomic mass is 16.2. The number of para-hydroxylation sites is 2. The SMILES string of the molecule is O=C(Nc1ccccc1NC(=O)C1CCCCC1)c1cccnc1. The highest BCUT2D eigenvalue weighted by molar-refractivity contribution is 6.07. The third-order valence-electron chi connectivity index (χ3n) is 4.33. The Kier molecular flexibility index (Phi) is 5.21. The first kappa shape index (κ1) is 16.2. The van der Waals surface area contributed by atoms with Gasteiger partial charge in [-0.3, -0.25) is 14.6 Å². The summed E-state index contributed by atoms with van der Waals surface area (Å²) in [5.41, 5.74) is 1.70. The van der Waals surface area contributed by atoms with Gasteiger partial charge >= 0.3 is 0 Å². The van der Waals surface area contributed by atoms with Gasteiger partial charge in [-0.05, 0) is 37.1 Å². The van der Waals surface area contributed by atoms with Crippen molar-refractivity contribution in [2.24, 2.45) is 5.92 Å². The van der Waals surface area contributed by atoms with Crippen molar-refractivity contribution in [1.82, 2.24) is 4.98 Å². The summed E-state index contributed by atoms with van der Waals surface area (Å²) in [6.45, 7) is 0. The lowest BCUT2D eigenvalue weighted by atomic mass is 9.88. The number of anilines is 2. The normalized spacial score (nSPS) is 14.8. The molecule has 1 aliphatic carbocycles. The standard InChI is InChI=1S/C19H21N3O2/c23-18(14-7-2-1-3-8-14)21-16-10-4-5-11-17(16)22-19(24)15-9-6-12-20-13-15/h4-6,9-14H,1-3,7-8H2,(H,21,23)(H,22,24). The highest BCUT2D eigenvalue weighted by Gasteiger charge is 2.22. The Balaban J connectivity index is 1.71. The van der Waals surface area contributed by atoms with Crippen molar-refractivity contribution in [3.8, 4) is 0 Å². The Hall–Kier alpha value is -2.69. The summed E-state index contributed by atoms with van der Waals surface area (Å²) < 4.78 is 0. The number of hydrogen-bond acceptors (Lipinski definition) is 3. The fourth-order valence-corrected chi connectivity index (χ4v) is 2.99. The first-order valence-corrected chi connectivity index (χ1v) is 8.35. The number of aromatic nitrogens is 1. The lowest BCUT2D eigenvalue weighted by Crippen LogP contribution is -2.25. The number of carbonyl (C=O) groups excluding carboxylic acids is 2. The molecule has 2 aromatic rings. The van der Waals surface area contributed by atoms with Gasteiger partial charge in [0.2, 0.25) is 5.91 Å². The van der Waals surface area contributed by atoms with Crippen molar-refractivity contribution in [1.29, 1.82) is 0 Å². The zero-order valence-electron chi connectivity index (χ0n) is 13.5. The molecule has 5 nitrogen and oxygen atoms in total. The molecule has 1 aliphatic rings. The van der Waals surface area contributed by atoms with E-state index < -0.39 is 0 Å². The predicted octanol–water partition coefficient (Wildman–Crippen LogP) is 3.85. The van der Waals surface area contributed by atoms with E-state index >= 15 is 0 Å². The Morgan fingerprint density at radius 1 is 0.917 bits per heavy atom. The molecule has 1 aromatic heterocycles. The van der Waals surface area contributed by atoms with Crippen LogP contribution < -0.4 is 10.6 Å². The molecule has 124 valence electrons. The van der Waals surface area contributed by atoms with E-state index in [-0.39, 0.29) is 17.7 Å². The van der Waals surface area contributed by atoms with Gasteiger partial charge in [0, 0.05) is 18.3 Å². The number of benzene rings is 1. The van der Waals surface area contributed by atoms with Gasteiger partial charge in [0.05, 0.1) is 16.9 Å². The average molecular weight is 323 g/mol. The highest BCUT2D eigenvalue weighted by Crippen LogP contribution is 2.27. The lowest BCUT2D eigenvalue weighted by Gasteiger charge is -2.21. The van der Waals surface area contributed by atoms with Crippen LogP contribution in [0.15, 0.2) is 48.8 Å². The molecule has 1 aromatic carbocycles. The predicted molar refractivity (Wildman–Crippen MR) is 93.8 cm³/mol. The van der Waals surface area contributed by atoms with Gasteiger partial charge in [-0.1, -0.05) is 31.4 Å². The minimum Gasteiger partial charge on any atom is -0.324 e. The Morgan fingerprint density at radius 3 is 2.29 bits per heavy atom. The zero-order chi connectivity index (χ0) is 16.8. The smallest absolute Gasteiger partial charge is 0.257 e. The molecule has 1 saturated carbocycles. The number of rotatable bonds is 4. The molecule has 2 amide bonds. The molecule has 0 unspecified atom stereocenters. The van der Waals surface area contributed by atoms with Crippen LogP contribution in [0.4, 0.5) is 11.4 Å². The lowest BCUT2D eigenvalue weighted by molar-refractivity contribution is -0.120. The maximum absolute atomic E-state index is 12.4. The molecule has 0 radical (unpaired) electrons. The maximum Gasteiger partial charge on any atom is 0.257 e. The van der Waals surface area contributed by atoms with E-state index in [0.29, 0.717) is 16.9 Å². The van der Waals surface area contributed by atoms with Crippen LogP contribution in [0.3, 0.4) is 0 Å². The van der Waals surface area contributed by atoms with Gasteiger partial charge in [-0.15, -0.1) is 0 Å². The number of amides is 2. The second-order valence-corrected chi connectivity index (χ2v) is 6.07. The summed E-state index contributed by atoms with van der Waals surface area (Å²) in [5, 5.41) is 5.81. The van der Waals surface area contributed by atoms with Crippen molar-refractivity contribution in [2.75, 3.05) is 10.6 Å². The topological polar surface area (TPSA) is 71.1 Å². The molecule has 0 saturated heterocycles. The average Bonchev–Trinajstić information content (AvgIpc) is 2.64. The first-order valence-electron chi connectivity index (χ1n) is 8.35.